The van der Waals surface area contributed by atoms with E-state index in [1.165, 1.54) is 98.7 Å². The lowest BCUT2D eigenvalue weighted by molar-refractivity contribution is 0.660. The molecule has 0 bridgehead atoms. The average molecular weight is 623 g/mol. The maximum absolute atomic E-state index is 2.38. The van der Waals surface area contributed by atoms with E-state index in [9.17, 15) is 0 Å². The maximum atomic E-state index is 2.38. The summed E-state index contributed by atoms with van der Waals surface area (Å²) in [5.41, 5.74) is 13.2. The second-order valence-corrected chi connectivity index (χ2v) is 14.0. The van der Waals surface area contributed by atoms with Crippen LogP contribution in [0, 0.1) is 0 Å². The molecule has 230 valence electrons. The molecule has 10 rings (SSSR count). The largest absolute Gasteiger partial charge is 0.0619 e. The van der Waals surface area contributed by atoms with E-state index in [2.05, 4.69) is 184 Å². The molecule has 0 unspecified atom stereocenters. The number of rotatable bonds is 3. The van der Waals surface area contributed by atoms with Crippen molar-refractivity contribution in [3.05, 3.63) is 181 Å². The van der Waals surface area contributed by atoms with E-state index in [0.717, 1.165) is 0 Å². The zero-order chi connectivity index (χ0) is 32.7. The van der Waals surface area contributed by atoms with E-state index >= 15 is 0 Å². The summed E-state index contributed by atoms with van der Waals surface area (Å²) < 4.78 is 0. The van der Waals surface area contributed by atoms with Crippen LogP contribution in [0.1, 0.15) is 25.0 Å². The van der Waals surface area contributed by atoms with Gasteiger partial charge >= 0.3 is 0 Å². The smallest absolute Gasteiger partial charge is 0.0159 e. The highest BCUT2D eigenvalue weighted by Crippen LogP contribution is 2.53. The van der Waals surface area contributed by atoms with E-state index in [1.54, 1.807) is 0 Å². The van der Waals surface area contributed by atoms with Crippen molar-refractivity contribution in [2.45, 2.75) is 19.3 Å². The van der Waals surface area contributed by atoms with Crippen molar-refractivity contribution in [2.24, 2.45) is 0 Å². The highest BCUT2D eigenvalue weighted by molar-refractivity contribution is 6.24. The minimum absolute atomic E-state index is 0.0394. The van der Waals surface area contributed by atoms with Gasteiger partial charge in [-0.05, 0) is 105 Å². The third kappa shape index (κ3) is 4.04. The van der Waals surface area contributed by atoms with Crippen LogP contribution >= 0.6 is 0 Å². The molecule has 0 N–H and O–H groups in total. The van der Waals surface area contributed by atoms with E-state index in [0.29, 0.717) is 0 Å². The third-order valence-corrected chi connectivity index (χ3v) is 11.1. The van der Waals surface area contributed by atoms with E-state index in [-0.39, 0.29) is 5.41 Å². The minimum Gasteiger partial charge on any atom is -0.0619 e. The molecule has 0 heteroatoms. The lowest BCUT2D eigenvalue weighted by Crippen LogP contribution is -2.14. The number of fused-ring (bicyclic) bond motifs is 7. The van der Waals surface area contributed by atoms with Gasteiger partial charge in [0.1, 0.15) is 0 Å². The Labute approximate surface area is 286 Å². The van der Waals surface area contributed by atoms with Gasteiger partial charge in [-0.2, -0.15) is 0 Å². The van der Waals surface area contributed by atoms with Gasteiger partial charge in [0.15, 0.2) is 0 Å². The van der Waals surface area contributed by atoms with Gasteiger partial charge in [0, 0.05) is 5.41 Å². The molecule has 0 saturated heterocycles. The van der Waals surface area contributed by atoms with Crippen LogP contribution in [-0.4, -0.2) is 0 Å². The van der Waals surface area contributed by atoms with Crippen molar-refractivity contribution in [1.29, 1.82) is 0 Å². The molecule has 0 nitrogen and oxygen atoms in total. The molecule has 1 aliphatic carbocycles. The number of hydrogen-bond donors (Lipinski definition) is 0. The van der Waals surface area contributed by atoms with Crippen molar-refractivity contribution >= 4 is 43.1 Å². The van der Waals surface area contributed by atoms with Gasteiger partial charge in [-0.1, -0.05) is 178 Å². The summed E-state index contributed by atoms with van der Waals surface area (Å²) in [7, 11) is 0. The van der Waals surface area contributed by atoms with Crippen LogP contribution in [0.15, 0.2) is 170 Å². The van der Waals surface area contributed by atoms with Crippen LogP contribution in [0.5, 0.6) is 0 Å². The van der Waals surface area contributed by atoms with Crippen molar-refractivity contribution in [3.63, 3.8) is 0 Å². The lowest BCUT2D eigenvalue weighted by atomic mass is 9.81. The van der Waals surface area contributed by atoms with Crippen molar-refractivity contribution in [1.82, 2.24) is 0 Å². The summed E-state index contributed by atoms with van der Waals surface area (Å²) in [6.45, 7) is 4.72. The van der Waals surface area contributed by atoms with Gasteiger partial charge < -0.3 is 0 Å². The first-order valence-electron chi connectivity index (χ1n) is 17.3. The predicted octanol–water partition coefficient (Wildman–Crippen LogP) is 13.6. The molecule has 9 aromatic carbocycles. The summed E-state index contributed by atoms with van der Waals surface area (Å²) >= 11 is 0. The molecule has 0 fully saturated rings. The van der Waals surface area contributed by atoms with Crippen molar-refractivity contribution in [3.8, 4) is 44.5 Å². The summed E-state index contributed by atoms with van der Waals surface area (Å²) in [4.78, 5) is 0. The normalized spacial score (nSPS) is 13.3. The molecule has 9 aromatic rings. The topological polar surface area (TPSA) is 0 Å². The molecule has 0 aromatic heterocycles. The maximum Gasteiger partial charge on any atom is 0.0159 e. The molecule has 0 radical (unpaired) electrons. The molecular weight excluding hydrogens is 589 g/mol. The summed E-state index contributed by atoms with van der Waals surface area (Å²) in [5, 5.41) is 10.2. The van der Waals surface area contributed by atoms with Crippen LogP contribution in [0.3, 0.4) is 0 Å². The Morgan fingerprint density at radius 1 is 0.306 bits per heavy atom. The zero-order valence-electron chi connectivity index (χ0n) is 27.7. The zero-order valence-corrected chi connectivity index (χ0v) is 27.7. The molecule has 0 atom stereocenters. The standard InChI is InChI=1S/C49H34/c1-49(2)44-24-12-11-22-43(44)48-37(23-13-25-45(48)49)36-28-29-42(35-17-6-5-16-34(35)36)47-40-20-9-7-18-38(40)46(39-19-8-10-21-41(39)47)33-27-26-31-14-3-4-15-32(31)30-33/h3-30H,1-2H3. The molecule has 49 heavy (non-hydrogen) atoms. The molecule has 0 spiro atoms. The summed E-state index contributed by atoms with van der Waals surface area (Å²) in [6, 6.07) is 63.2. The van der Waals surface area contributed by atoms with E-state index in [4.69, 9.17) is 0 Å². The fraction of sp³-hybridized carbons (Fsp3) is 0.0612. The number of benzene rings is 9. The van der Waals surface area contributed by atoms with Gasteiger partial charge in [0.25, 0.3) is 0 Å². The van der Waals surface area contributed by atoms with Gasteiger partial charge in [-0.15, -0.1) is 0 Å². The molecule has 0 heterocycles. The fourth-order valence-corrected chi connectivity index (χ4v) is 8.81. The minimum atomic E-state index is -0.0394. The summed E-state index contributed by atoms with van der Waals surface area (Å²) in [5.74, 6) is 0. The van der Waals surface area contributed by atoms with E-state index < -0.39 is 0 Å². The van der Waals surface area contributed by atoms with Crippen LogP contribution in [0.2, 0.25) is 0 Å². The highest BCUT2D eigenvalue weighted by atomic mass is 14.4. The van der Waals surface area contributed by atoms with E-state index in [1.807, 2.05) is 0 Å². The Hall–Kier alpha value is -5.98. The monoisotopic (exact) mass is 622 g/mol. The molecule has 0 saturated carbocycles. The molecule has 0 amide bonds. The average Bonchev–Trinajstić information content (AvgIpc) is 3.39. The van der Waals surface area contributed by atoms with Gasteiger partial charge in [0.05, 0.1) is 0 Å². The van der Waals surface area contributed by atoms with Crippen molar-refractivity contribution < 1.29 is 0 Å². The summed E-state index contributed by atoms with van der Waals surface area (Å²) in [6.07, 6.45) is 0. The molecule has 1 aliphatic rings. The van der Waals surface area contributed by atoms with Crippen molar-refractivity contribution in [2.75, 3.05) is 0 Å². The van der Waals surface area contributed by atoms with Gasteiger partial charge in [0.2, 0.25) is 0 Å². The first-order valence-corrected chi connectivity index (χ1v) is 17.3. The Morgan fingerprint density at radius 3 is 1.53 bits per heavy atom. The first-order chi connectivity index (χ1) is 24.1. The highest BCUT2D eigenvalue weighted by Gasteiger charge is 2.36. The third-order valence-electron chi connectivity index (χ3n) is 11.1. The Bertz CT molecular complexity index is 2740. The second-order valence-electron chi connectivity index (χ2n) is 14.0. The van der Waals surface area contributed by atoms with Gasteiger partial charge in [-0.25, -0.2) is 0 Å². The first kappa shape index (κ1) is 28.1. The Balaban J connectivity index is 1.26. The van der Waals surface area contributed by atoms with Crippen LogP contribution in [-0.2, 0) is 5.41 Å². The SMILES string of the molecule is CC1(C)c2ccccc2-c2c(-c3ccc(-c4c5ccccc5c(-c5ccc6ccccc6c5)c5ccccc45)c4ccccc34)cccc21. The van der Waals surface area contributed by atoms with Gasteiger partial charge in [-0.3, -0.25) is 0 Å². The Kier molecular flexibility index (Phi) is 6.02. The Morgan fingerprint density at radius 2 is 0.816 bits per heavy atom. The fourth-order valence-electron chi connectivity index (χ4n) is 8.81. The molecular formula is C49H34. The number of hydrogen-bond acceptors (Lipinski definition) is 0. The lowest BCUT2D eigenvalue weighted by Gasteiger charge is -2.22. The second kappa shape index (κ2) is 10.5. The predicted molar refractivity (Wildman–Crippen MR) is 210 cm³/mol. The van der Waals surface area contributed by atoms with Crippen LogP contribution < -0.4 is 0 Å². The van der Waals surface area contributed by atoms with Crippen LogP contribution in [0.25, 0.3) is 87.6 Å². The quantitative estimate of drug-likeness (QED) is 0.172. The molecule has 0 aliphatic heterocycles. The van der Waals surface area contributed by atoms with Crippen LogP contribution in [0.4, 0.5) is 0 Å².